The monoisotopic (exact) mass is 501 g/mol. The van der Waals surface area contributed by atoms with Crippen molar-refractivity contribution in [1.82, 2.24) is 14.8 Å². The number of hydrogen-bond donors (Lipinski definition) is 2. The number of thioether (sulfide) groups is 1. The minimum atomic E-state index is -0.506. The minimum Gasteiger partial charge on any atom is -0.328 e. The first-order chi connectivity index (χ1) is 15.9. The van der Waals surface area contributed by atoms with Crippen LogP contribution in [0.15, 0.2) is 58.9 Å². The molecule has 0 spiro atoms. The Hall–Kier alpha value is -2.48. The Morgan fingerprint density at radius 1 is 1.18 bits per heavy atom. The van der Waals surface area contributed by atoms with E-state index in [0.717, 1.165) is 35.4 Å². The van der Waals surface area contributed by atoms with Gasteiger partial charge in [-0.1, -0.05) is 66.5 Å². The van der Waals surface area contributed by atoms with Crippen LogP contribution in [0.2, 0.25) is 10.0 Å². The van der Waals surface area contributed by atoms with Gasteiger partial charge in [0, 0.05) is 17.1 Å². The number of aromatic nitrogens is 3. The van der Waals surface area contributed by atoms with Crippen molar-refractivity contribution in [2.24, 2.45) is 0 Å². The van der Waals surface area contributed by atoms with Crippen molar-refractivity contribution in [3.05, 3.63) is 74.9 Å². The number of unbranched alkanes of at least 4 members (excludes halogenated alkanes) is 1. The molecule has 3 aromatic rings. The highest BCUT2D eigenvalue weighted by Gasteiger charge is 2.34. The first-order valence-corrected chi connectivity index (χ1v) is 12.5. The number of hydrogen-bond acceptors (Lipinski definition) is 5. The molecule has 33 heavy (non-hydrogen) atoms. The van der Waals surface area contributed by atoms with E-state index in [4.69, 9.17) is 28.3 Å². The van der Waals surface area contributed by atoms with E-state index in [9.17, 15) is 4.79 Å². The molecule has 0 fully saturated rings. The second-order valence-electron chi connectivity index (χ2n) is 7.93. The van der Waals surface area contributed by atoms with Gasteiger partial charge in [0.25, 0.3) is 5.91 Å². The number of amides is 1. The van der Waals surface area contributed by atoms with E-state index in [1.165, 1.54) is 0 Å². The molecular formula is C24H25Cl2N5OS. The average molecular weight is 502 g/mol. The molecule has 2 N–H and O–H groups in total. The number of aryl methyl sites for hydroxylation is 1. The van der Waals surface area contributed by atoms with Crippen LogP contribution in [0.5, 0.6) is 0 Å². The van der Waals surface area contributed by atoms with Crippen molar-refractivity contribution in [1.29, 1.82) is 0 Å². The van der Waals surface area contributed by atoms with E-state index < -0.39 is 6.04 Å². The lowest BCUT2D eigenvalue weighted by Crippen LogP contribution is -2.31. The second-order valence-corrected chi connectivity index (χ2v) is 9.80. The van der Waals surface area contributed by atoms with Crippen LogP contribution < -0.4 is 10.6 Å². The highest BCUT2D eigenvalue weighted by Crippen LogP contribution is 2.38. The molecule has 2 aromatic carbocycles. The molecule has 1 amide bonds. The Bertz CT molecular complexity index is 1220. The van der Waals surface area contributed by atoms with Crippen LogP contribution >= 0.6 is 35.0 Å². The van der Waals surface area contributed by atoms with Gasteiger partial charge in [0.05, 0.1) is 15.6 Å². The lowest BCUT2D eigenvalue weighted by atomic mass is 9.95. The number of carbonyl (C=O) groups is 1. The van der Waals surface area contributed by atoms with Crippen molar-refractivity contribution in [3.63, 3.8) is 0 Å². The minimum absolute atomic E-state index is 0.219. The SMILES string of the molecule is CCCCSc1nc2n(n1)C(c1ccc(Cl)c(Cl)c1)C(C(=O)Nc1cccc(C)c1)=C(C)N2. The van der Waals surface area contributed by atoms with Crippen LogP contribution in [0, 0.1) is 6.92 Å². The summed E-state index contributed by atoms with van der Waals surface area (Å²) in [6.45, 7) is 6.01. The van der Waals surface area contributed by atoms with Crippen molar-refractivity contribution in [2.45, 2.75) is 44.8 Å². The Balaban J connectivity index is 1.75. The zero-order valence-electron chi connectivity index (χ0n) is 18.7. The fraction of sp³-hybridized carbons (Fsp3) is 0.292. The van der Waals surface area contributed by atoms with Gasteiger partial charge in [-0.15, -0.1) is 5.10 Å². The Morgan fingerprint density at radius 2 is 2.00 bits per heavy atom. The van der Waals surface area contributed by atoms with Crippen molar-refractivity contribution >= 4 is 52.5 Å². The average Bonchev–Trinajstić information content (AvgIpc) is 3.17. The quantitative estimate of drug-likeness (QED) is 0.278. The largest absolute Gasteiger partial charge is 0.328 e. The number of carbonyl (C=O) groups excluding carboxylic acids is 1. The number of benzene rings is 2. The molecule has 0 bridgehead atoms. The molecular weight excluding hydrogens is 477 g/mol. The normalized spacial score (nSPS) is 15.2. The van der Waals surface area contributed by atoms with Crippen LogP contribution in [0.3, 0.4) is 0 Å². The van der Waals surface area contributed by atoms with Gasteiger partial charge >= 0.3 is 0 Å². The first-order valence-electron chi connectivity index (χ1n) is 10.8. The number of fused-ring (bicyclic) bond motifs is 1. The number of allylic oxidation sites excluding steroid dienone is 1. The van der Waals surface area contributed by atoms with Gasteiger partial charge in [-0.2, -0.15) is 4.98 Å². The van der Waals surface area contributed by atoms with Gasteiger partial charge in [-0.05, 0) is 55.7 Å². The van der Waals surface area contributed by atoms with Gasteiger partial charge in [0.2, 0.25) is 11.1 Å². The highest BCUT2D eigenvalue weighted by molar-refractivity contribution is 7.99. The summed E-state index contributed by atoms with van der Waals surface area (Å²) in [6.07, 6.45) is 2.19. The molecule has 1 aromatic heterocycles. The molecule has 172 valence electrons. The smallest absolute Gasteiger partial charge is 0.255 e. The highest BCUT2D eigenvalue weighted by atomic mass is 35.5. The Kier molecular flexibility index (Phi) is 7.32. The lowest BCUT2D eigenvalue weighted by Gasteiger charge is -2.29. The fourth-order valence-electron chi connectivity index (χ4n) is 3.71. The summed E-state index contributed by atoms with van der Waals surface area (Å²) in [7, 11) is 0. The molecule has 1 aliphatic heterocycles. The molecule has 0 saturated carbocycles. The predicted octanol–water partition coefficient (Wildman–Crippen LogP) is 6.71. The maximum atomic E-state index is 13.5. The molecule has 9 heteroatoms. The topological polar surface area (TPSA) is 71.8 Å². The van der Waals surface area contributed by atoms with Crippen LogP contribution in [0.1, 0.15) is 43.9 Å². The van der Waals surface area contributed by atoms with Crippen molar-refractivity contribution in [2.75, 3.05) is 16.4 Å². The van der Waals surface area contributed by atoms with Gasteiger partial charge in [0.1, 0.15) is 6.04 Å². The summed E-state index contributed by atoms with van der Waals surface area (Å²) in [4.78, 5) is 18.2. The lowest BCUT2D eigenvalue weighted by molar-refractivity contribution is -0.113. The fourth-order valence-corrected chi connectivity index (χ4v) is 4.93. The number of rotatable bonds is 7. The van der Waals surface area contributed by atoms with Gasteiger partial charge in [-0.3, -0.25) is 4.79 Å². The Morgan fingerprint density at radius 3 is 2.73 bits per heavy atom. The molecule has 0 aliphatic carbocycles. The number of nitrogens with zero attached hydrogens (tertiary/aromatic N) is 3. The van der Waals surface area contributed by atoms with E-state index >= 15 is 0 Å². The van der Waals surface area contributed by atoms with Gasteiger partial charge < -0.3 is 10.6 Å². The van der Waals surface area contributed by atoms with Gasteiger partial charge in [0.15, 0.2) is 0 Å². The van der Waals surface area contributed by atoms with Crippen LogP contribution in [-0.2, 0) is 4.79 Å². The predicted molar refractivity (Wildman–Crippen MR) is 136 cm³/mol. The van der Waals surface area contributed by atoms with E-state index in [1.54, 1.807) is 28.6 Å². The maximum absolute atomic E-state index is 13.5. The molecule has 1 aliphatic rings. The molecule has 0 radical (unpaired) electrons. The summed E-state index contributed by atoms with van der Waals surface area (Å²) in [5.74, 6) is 1.31. The summed E-state index contributed by atoms with van der Waals surface area (Å²) >= 11 is 14.1. The number of anilines is 2. The second kappa shape index (κ2) is 10.2. The summed E-state index contributed by atoms with van der Waals surface area (Å²) < 4.78 is 1.76. The van der Waals surface area contributed by atoms with E-state index in [-0.39, 0.29) is 5.91 Å². The molecule has 2 heterocycles. The van der Waals surface area contributed by atoms with Crippen LogP contribution in [0.25, 0.3) is 0 Å². The molecule has 0 saturated heterocycles. The zero-order chi connectivity index (χ0) is 23.5. The summed E-state index contributed by atoms with van der Waals surface area (Å²) in [5.41, 5.74) is 3.84. The summed E-state index contributed by atoms with van der Waals surface area (Å²) in [6, 6.07) is 12.6. The van der Waals surface area contributed by atoms with E-state index in [2.05, 4.69) is 22.5 Å². The van der Waals surface area contributed by atoms with E-state index in [0.29, 0.717) is 32.4 Å². The molecule has 6 nitrogen and oxygen atoms in total. The van der Waals surface area contributed by atoms with Gasteiger partial charge in [-0.25, -0.2) is 4.68 Å². The standard InChI is InChI=1S/C24H25Cl2N5OS/c1-4-5-11-33-24-29-23-27-15(3)20(22(32)28-17-8-6-7-14(2)12-17)21(31(23)30-24)16-9-10-18(25)19(26)13-16/h6-10,12-13,21H,4-5,11H2,1-3H3,(H,28,32)(H,27,29,30). The third kappa shape index (κ3) is 5.21. The number of nitrogens with one attached hydrogen (secondary N) is 2. The van der Waals surface area contributed by atoms with Crippen molar-refractivity contribution in [3.8, 4) is 0 Å². The zero-order valence-corrected chi connectivity index (χ0v) is 21.0. The maximum Gasteiger partial charge on any atom is 0.255 e. The summed E-state index contributed by atoms with van der Waals surface area (Å²) in [5, 5.41) is 12.6. The molecule has 4 rings (SSSR count). The van der Waals surface area contributed by atoms with Crippen LogP contribution in [0.4, 0.5) is 11.6 Å². The van der Waals surface area contributed by atoms with Crippen molar-refractivity contribution < 1.29 is 4.79 Å². The third-order valence-corrected chi connectivity index (χ3v) is 7.01. The van der Waals surface area contributed by atoms with E-state index in [1.807, 2.05) is 44.2 Å². The number of halogens is 2. The molecule has 1 atom stereocenters. The molecule has 1 unspecified atom stereocenters. The first kappa shape index (κ1) is 23.7. The Labute approximate surface area is 207 Å². The van der Waals surface area contributed by atoms with Crippen LogP contribution in [-0.4, -0.2) is 26.4 Å². The third-order valence-electron chi connectivity index (χ3n) is 5.34.